The first-order valence-corrected chi connectivity index (χ1v) is 8.55. The Morgan fingerprint density at radius 3 is 2.91 bits per heavy atom. The van der Waals surface area contributed by atoms with E-state index in [1.807, 2.05) is 12.1 Å². The van der Waals surface area contributed by atoms with Crippen molar-refractivity contribution in [2.24, 2.45) is 0 Å². The van der Waals surface area contributed by atoms with Crippen LogP contribution in [0.25, 0.3) is 10.9 Å². The SMILES string of the molecule is CCCc1ccc2cccc(C(O)C3CCCN3CC)c2n1. The molecule has 0 saturated carbocycles. The molecule has 1 aliphatic heterocycles. The standard InChI is InChI=1S/C19H26N2O/c1-3-7-15-12-11-14-8-5-9-16(18(14)20-15)19(22)17-10-6-13-21(17)4-2/h5,8-9,11-12,17,19,22H,3-4,6-7,10,13H2,1-2H3. The topological polar surface area (TPSA) is 36.4 Å². The summed E-state index contributed by atoms with van der Waals surface area (Å²) in [6.45, 7) is 6.44. The predicted octanol–water partition coefficient (Wildman–Crippen LogP) is 3.71. The van der Waals surface area contributed by atoms with Crippen LogP contribution in [0.2, 0.25) is 0 Å². The highest BCUT2D eigenvalue weighted by molar-refractivity contribution is 5.82. The second-order valence-corrected chi connectivity index (χ2v) is 6.25. The second-order valence-electron chi connectivity index (χ2n) is 6.25. The minimum absolute atomic E-state index is 0.229. The van der Waals surface area contributed by atoms with E-state index in [4.69, 9.17) is 4.98 Å². The zero-order valence-corrected chi connectivity index (χ0v) is 13.6. The van der Waals surface area contributed by atoms with Crippen LogP contribution in [0.5, 0.6) is 0 Å². The minimum atomic E-state index is -0.449. The molecule has 3 rings (SSSR count). The van der Waals surface area contributed by atoms with E-state index >= 15 is 0 Å². The first-order valence-electron chi connectivity index (χ1n) is 8.55. The predicted molar refractivity (Wildman–Crippen MR) is 91.0 cm³/mol. The van der Waals surface area contributed by atoms with E-state index in [-0.39, 0.29) is 6.04 Å². The molecule has 1 aromatic carbocycles. The smallest absolute Gasteiger partial charge is 0.0966 e. The van der Waals surface area contributed by atoms with Crippen molar-refractivity contribution >= 4 is 10.9 Å². The lowest BCUT2D eigenvalue weighted by atomic mass is 9.97. The van der Waals surface area contributed by atoms with Gasteiger partial charge in [-0.15, -0.1) is 0 Å². The van der Waals surface area contributed by atoms with Gasteiger partial charge in [-0.3, -0.25) is 9.88 Å². The number of aliphatic hydroxyl groups is 1. The van der Waals surface area contributed by atoms with Crippen molar-refractivity contribution in [2.45, 2.75) is 51.7 Å². The quantitative estimate of drug-likeness (QED) is 0.914. The van der Waals surface area contributed by atoms with Gasteiger partial charge in [-0.05, 0) is 38.4 Å². The number of nitrogens with zero attached hydrogens (tertiary/aromatic N) is 2. The van der Waals surface area contributed by atoms with E-state index < -0.39 is 6.10 Å². The van der Waals surface area contributed by atoms with Gasteiger partial charge < -0.3 is 5.11 Å². The van der Waals surface area contributed by atoms with Gasteiger partial charge in [-0.2, -0.15) is 0 Å². The van der Waals surface area contributed by atoms with Crippen molar-refractivity contribution < 1.29 is 5.11 Å². The lowest BCUT2D eigenvalue weighted by Gasteiger charge is -2.28. The van der Waals surface area contributed by atoms with E-state index in [2.05, 4.69) is 36.9 Å². The van der Waals surface area contributed by atoms with Crippen LogP contribution in [0.15, 0.2) is 30.3 Å². The molecule has 118 valence electrons. The molecule has 1 fully saturated rings. The molecule has 0 aliphatic carbocycles. The summed E-state index contributed by atoms with van der Waals surface area (Å²) < 4.78 is 0. The van der Waals surface area contributed by atoms with Gasteiger partial charge in [-0.1, -0.05) is 44.5 Å². The molecule has 0 bridgehead atoms. The van der Waals surface area contributed by atoms with Crippen molar-refractivity contribution in [3.05, 3.63) is 41.6 Å². The van der Waals surface area contributed by atoms with Gasteiger partial charge in [0.25, 0.3) is 0 Å². The monoisotopic (exact) mass is 298 g/mol. The number of para-hydroxylation sites is 1. The van der Waals surface area contributed by atoms with E-state index in [0.717, 1.165) is 54.5 Å². The van der Waals surface area contributed by atoms with Gasteiger partial charge in [0.05, 0.1) is 11.6 Å². The van der Waals surface area contributed by atoms with Gasteiger partial charge in [0.1, 0.15) is 0 Å². The summed E-state index contributed by atoms with van der Waals surface area (Å²) in [6.07, 6.45) is 3.88. The maximum Gasteiger partial charge on any atom is 0.0966 e. The van der Waals surface area contributed by atoms with Crippen LogP contribution in [0.4, 0.5) is 0 Å². The van der Waals surface area contributed by atoms with E-state index in [9.17, 15) is 5.11 Å². The number of aryl methyl sites for hydroxylation is 1. The van der Waals surface area contributed by atoms with Crippen LogP contribution in [0.1, 0.15) is 50.5 Å². The molecule has 1 aliphatic rings. The Bertz CT molecular complexity index is 640. The summed E-state index contributed by atoms with van der Waals surface area (Å²) in [5.41, 5.74) is 3.08. The molecule has 2 aromatic rings. The van der Waals surface area contributed by atoms with Gasteiger partial charge >= 0.3 is 0 Å². The van der Waals surface area contributed by atoms with Crippen molar-refractivity contribution in [1.29, 1.82) is 0 Å². The zero-order chi connectivity index (χ0) is 15.5. The number of likely N-dealkylation sites (N-methyl/N-ethyl adjacent to an activating group) is 1. The molecular formula is C19H26N2O. The van der Waals surface area contributed by atoms with Crippen LogP contribution >= 0.6 is 0 Å². The maximum atomic E-state index is 11.0. The van der Waals surface area contributed by atoms with Crippen molar-refractivity contribution in [3.8, 4) is 0 Å². The number of aromatic nitrogens is 1. The molecule has 2 unspecified atom stereocenters. The Balaban J connectivity index is 1.99. The highest BCUT2D eigenvalue weighted by Gasteiger charge is 2.31. The zero-order valence-electron chi connectivity index (χ0n) is 13.6. The molecule has 0 amide bonds. The molecule has 1 saturated heterocycles. The van der Waals surface area contributed by atoms with Crippen molar-refractivity contribution in [2.75, 3.05) is 13.1 Å². The third-order valence-electron chi connectivity index (χ3n) is 4.82. The number of benzene rings is 1. The van der Waals surface area contributed by atoms with Gasteiger partial charge in [0.15, 0.2) is 0 Å². The molecule has 2 atom stereocenters. The normalized spacial score (nSPS) is 20.6. The van der Waals surface area contributed by atoms with Gasteiger partial charge in [0.2, 0.25) is 0 Å². The number of fused-ring (bicyclic) bond motifs is 1. The fourth-order valence-corrected chi connectivity index (χ4v) is 3.65. The summed E-state index contributed by atoms with van der Waals surface area (Å²) in [4.78, 5) is 7.22. The lowest BCUT2D eigenvalue weighted by molar-refractivity contribution is 0.0764. The third kappa shape index (κ3) is 2.88. The highest BCUT2D eigenvalue weighted by atomic mass is 16.3. The average Bonchev–Trinajstić information content (AvgIpc) is 3.02. The average molecular weight is 298 g/mol. The number of likely N-dealkylation sites (tertiary alicyclic amines) is 1. The first kappa shape index (κ1) is 15.4. The molecular weight excluding hydrogens is 272 g/mol. The number of hydrogen-bond acceptors (Lipinski definition) is 3. The molecule has 0 spiro atoms. The molecule has 2 heterocycles. The Morgan fingerprint density at radius 2 is 2.14 bits per heavy atom. The van der Waals surface area contributed by atoms with Gasteiger partial charge in [-0.25, -0.2) is 0 Å². The van der Waals surface area contributed by atoms with Crippen molar-refractivity contribution in [1.82, 2.24) is 9.88 Å². The fourth-order valence-electron chi connectivity index (χ4n) is 3.65. The largest absolute Gasteiger partial charge is 0.387 e. The molecule has 1 N–H and O–H groups in total. The number of rotatable bonds is 5. The number of aliphatic hydroxyl groups excluding tert-OH is 1. The Hall–Kier alpha value is -1.45. The summed E-state index contributed by atoms with van der Waals surface area (Å²) in [6, 6.07) is 10.6. The summed E-state index contributed by atoms with van der Waals surface area (Å²) >= 11 is 0. The molecule has 22 heavy (non-hydrogen) atoms. The van der Waals surface area contributed by atoms with Gasteiger partial charge in [0, 0.05) is 22.7 Å². The summed E-state index contributed by atoms with van der Waals surface area (Å²) in [7, 11) is 0. The number of pyridine rings is 1. The minimum Gasteiger partial charge on any atom is -0.387 e. The Kier molecular flexibility index (Phi) is 4.74. The van der Waals surface area contributed by atoms with Crippen molar-refractivity contribution in [3.63, 3.8) is 0 Å². The molecule has 3 nitrogen and oxygen atoms in total. The van der Waals surface area contributed by atoms with Crippen LogP contribution < -0.4 is 0 Å². The second kappa shape index (κ2) is 6.76. The molecule has 1 aromatic heterocycles. The third-order valence-corrected chi connectivity index (χ3v) is 4.82. The summed E-state index contributed by atoms with van der Waals surface area (Å²) in [5, 5.41) is 12.1. The van der Waals surface area contributed by atoms with Crippen LogP contribution in [0, 0.1) is 0 Å². The first-order chi connectivity index (χ1) is 10.7. The fraction of sp³-hybridized carbons (Fsp3) is 0.526. The van der Waals surface area contributed by atoms with Crippen LogP contribution in [-0.4, -0.2) is 34.1 Å². The summed E-state index contributed by atoms with van der Waals surface area (Å²) in [5.74, 6) is 0. The molecule has 3 heteroatoms. The highest BCUT2D eigenvalue weighted by Crippen LogP contribution is 2.32. The van der Waals surface area contributed by atoms with E-state index in [1.54, 1.807) is 0 Å². The Labute approximate surface area is 133 Å². The maximum absolute atomic E-state index is 11.0. The van der Waals surface area contributed by atoms with E-state index in [0.29, 0.717) is 0 Å². The van der Waals surface area contributed by atoms with Crippen LogP contribution in [-0.2, 0) is 6.42 Å². The van der Waals surface area contributed by atoms with Crippen LogP contribution in [0.3, 0.4) is 0 Å². The molecule has 0 radical (unpaired) electrons. The Morgan fingerprint density at radius 1 is 1.27 bits per heavy atom. The number of hydrogen-bond donors (Lipinski definition) is 1. The van der Waals surface area contributed by atoms with E-state index in [1.165, 1.54) is 6.42 Å². The lowest BCUT2D eigenvalue weighted by Crippen LogP contribution is -2.34.